The van der Waals surface area contributed by atoms with Crippen molar-refractivity contribution in [1.82, 2.24) is 5.43 Å². The Morgan fingerprint density at radius 3 is 2.71 bits per heavy atom. The molecule has 17 heavy (non-hydrogen) atoms. The molecule has 0 radical (unpaired) electrons. The minimum atomic E-state index is -0.0809. The summed E-state index contributed by atoms with van der Waals surface area (Å²) in [5, 5.41) is 22.7. The summed E-state index contributed by atoms with van der Waals surface area (Å²) < 4.78 is 0. The summed E-state index contributed by atoms with van der Waals surface area (Å²) in [6, 6.07) is 4.24. The summed E-state index contributed by atoms with van der Waals surface area (Å²) in [6.45, 7) is 1.68. The van der Waals surface area contributed by atoms with Gasteiger partial charge in [0, 0.05) is 17.5 Å². The summed E-state index contributed by atoms with van der Waals surface area (Å²) in [5.41, 5.74) is 3.44. The smallest absolute Gasteiger partial charge is 0.243 e. The van der Waals surface area contributed by atoms with Crippen LogP contribution in [0.4, 0.5) is 0 Å². The number of nitrogens with one attached hydrogen (secondary N) is 1. The van der Waals surface area contributed by atoms with Gasteiger partial charge in [0.1, 0.15) is 11.5 Å². The second-order valence-electron chi connectivity index (χ2n) is 4.15. The first-order valence-corrected chi connectivity index (χ1v) is 5.44. The molecule has 0 aromatic heterocycles. The molecule has 1 saturated carbocycles. The summed E-state index contributed by atoms with van der Waals surface area (Å²) in [5.74, 6) is -0.0597. The van der Waals surface area contributed by atoms with Gasteiger partial charge >= 0.3 is 0 Å². The number of amides is 1. The number of aromatic hydroxyl groups is 2. The van der Waals surface area contributed by atoms with E-state index in [-0.39, 0.29) is 23.3 Å². The molecule has 1 fully saturated rings. The third-order valence-corrected chi connectivity index (χ3v) is 2.65. The molecule has 0 spiro atoms. The lowest BCUT2D eigenvalue weighted by atomic mass is 10.1. The average Bonchev–Trinajstić information content (AvgIpc) is 3.09. The number of hydrogen-bond acceptors (Lipinski definition) is 4. The van der Waals surface area contributed by atoms with E-state index in [4.69, 9.17) is 5.11 Å². The summed E-state index contributed by atoms with van der Waals surface area (Å²) in [7, 11) is 0. The molecule has 5 nitrogen and oxygen atoms in total. The number of carbonyl (C=O) groups is 1. The van der Waals surface area contributed by atoms with Crippen LogP contribution >= 0.6 is 0 Å². The van der Waals surface area contributed by atoms with Crippen LogP contribution in [0, 0.1) is 5.92 Å². The monoisotopic (exact) mass is 234 g/mol. The largest absolute Gasteiger partial charge is 0.508 e. The van der Waals surface area contributed by atoms with Crippen molar-refractivity contribution in [2.75, 3.05) is 0 Å². The number of hydrazone groups is 1. The molecule has 3 N–H and O–H groups in total. The fraction of sp³-hybridized carbons (Fsp3) is 0.333. The van der Waals surface area contributed by atoms with E-state index >= 15 is 0 Å². The summed E-state index contributed by atoms with van der Waals surface area (Å²) in [4.78, 5) is 11.4. The maximum atomic E-state index is 11.4. The predicted octanol–water partition coefficient (Wildman–Crippen LogP) is 1.35. The Hall–Kier alpha value is -2.04. The fourth-order valence-corrected chi connectivity index (χ4v) is 1.46. The van der Waals surface area contributed by atoms with E-state index in [0.29, 0.717) is 11.3 Å². The number of nitrogens with zero attached hydrogens (tertiary/aromatic N) is 1. The zero-order valence-corrected chi connectivity index (χ0v) is 9.47. The van der Waals surface area contributed by atoms with Crippen molar-refractivity contribution in [3.8, 4) is 11.5 Å². The van der Waals surface area contributed by atoms with Gasteiger partial charge in [-0.05, 0) is 31.9 Å². The maximum Gasteiger partial charge on any atom is 0.243 e. The highest BCUT2D eigenvalue weighted by molar-refractivity contribution is 6.01. The number of phenols is 2. The van der Waals surface area contributed by atoms with Crippen molar-refractivity contribution >= 4 is 11.6 Å². The Morgan fingerprint density at radius 2 is 2.12 bits per heavy atom. The number of hydrogen-bond donors (Lipinski definition) is 3. The summed E-state index contributed by atoms with van der Waals surface area (Å²) in [6.07, 6.45) is 1.84. The molecule has 0 aliphatic heterocycles. The van der Waals surface area contributed by atoms with Gasteiger partial charge in [0.15, 0.2) is 0 Å². The minimum Gasteiger partial charge on any atom is -0.508 e. The predicted molar refractivity (Wildman–Crippen MR) is 62.8 cm³/mol. The quantitative estimate of drug-likeness (QED) is 0.545. The normalized spacial score (nSPS) is 15.7. The lowest BCUT2D eigenvalue weighted by molar-refractivity contribution is -0.122. The van der Waals surface area contributed by atoms with Gasteiger partial charge in [-0.25, -0.2) is 5.43 Å². The first-order valence-electron chi connectivity index (χ1n) is 5.44. The molecule has 1 aliphatic carbocycles. The third kappa shape index (κ3) is 2.75. The van der Waals surface area contributed by atoms with Crippen LogP contribution in [0.1, 0.15) is 25.3 Å². The van der Waals surface area contributed by atoms with Crippen LogP contribution in [0.2, 0.25) is 0 Å². The number of phenolic OH excluding ortho intramolecular Hbond substituents is 2. The highest BCUT2D eigenvalue weighted by Crippen LogP contribution is 2.28. The van der Waals surface area contributed by atoms with Crippen molar-refractivity contribution in [1.29, 1.82) is 0 Å². The lowest BCUT2D eigenvalue weighted by Crippen LogP contribution is -2.20. The van der Waals surface area contributed by atoms with Crippen LogP contribution in [0.25, 0.3) is 0 Å². The molecule has 1 aliphatic rings. The van der Waals surface area contributed by atoms with Crippen molar-refractivity contribution in [2.45, 2.75) is 19.8 Å². The standard InChI is InChI=1S/C12H14N2O3/c1-7(13-14-12(17)8-2-3-8)10-5-4-9(15)6-11(10)16/h4-6,8,15-16H,2-3H2,1H3,(H,14,17)/b13-7-. The summed E-state index contributed by atoms with van der Waals surface area (Å²) >= 11 is 0. The number of rotatable bonds is 3. The van der Waals surface area contributed by atoms with E-state index in [1.807, 2.05) is 0 Å². The first-order chi connectivity index (χ1) is 8.08. The molecule has 1 amide bonds. The van der Waals surface area contributed by atoms with Gasteiger partial charge in [0.25, 0.3) is 0 Å². The third-order valence-electron chi connectivity index (χ3n) is 2.65. The number of carbonyl (C=O) groups excluding carboxylic acids is 1. The zero-order chi connectivity index (χ0) is 12.4. The van der Waals surface area contributed by atoms with E-state index in [1.165, 1.54) is 12.1 Å². The van der Waals surface area contributed by atoms with E-state index in [1.54, 1.807) is 13.0 Å². The van der Waals surface area contributed by atoms with Gasteiger partial charge in [0.05, 0.1) is 5.71 Å². The van der Waals surface area contributed by atoms with Crippen LogP contribution in [0.5, 0.6) is 11.5 Å². The van der Waals surface area contributed by atoms with Crippen molar-refractivity contribution in [3.63, 3.8) is 0 Å². The Labute approximate surface area is 98.8 Å². The molecule has 0 saturated heterocycles. The Morgan fingerprint density at radius 1 is 1.41 bits per heavy atom. The molecule has 0 heterocycles. The van der Waals surface area contributed by atoms with Crippen LogP contribution in [-0.2, 0) is 4.79 Å². The maximum absolute atomic E-state index is 11.4. The second-order valence-corrected chi connectivity index (χ2v) is 4.15. The second kappa shape index (κ2) is 4.45. The van der Waals surface area contributed by atoms with Gasteiger partial charge in [0.2, 0.25) is 5.91 Å². The van der Waals surface area contributed by atoms with E-state index in [0.717, 1.165) is 12.8 Å². The molecule has 0 unspecified atom stereocenters. The molecular formula is C12H14N2O3. The zero-order valence-electron chi connectivity index (χ0n) is 9.47. The van der Waals surface area contributed by atoms with Gasteiger partial charge in [-0.3, -0.25) is 4.79 Å². The minimum absolute atomic E-state index is 0.0129. The SMILES string of the molecule is C/C(=N/NC(=O)C1CC1)c1ccc(O)cc1O. The van der Waals surface area contributed by atoms with Crippen molar-refractivity contribution in [2.24, 2.45) is 11.0 Å². The molecule has 5 heteroatoms. The Bertz CT molecular complexity index is 479. The van der Waals surface area contributed by atoms with Crippen LogP contribution in [0.15, 0.2) is 23.3 Å². The fourth-order valence-electron chi connectivity index (χ4n) is 1.46. The Kier molecular flexibility index (Phi) is 2.99. The molecule has 90 valence electrons. The molecule has 1 aromatic carbocycles. The van der Waals surface area contributed by atoms with E-state index < -0.39 is 0 Å². The number of benzene rings is 1. The van der Waals surface area contributed by atoms with Crippen molar-refractivity contribution < 1.29 is 15.0 Å². The van der Waals surface area contributed by atoms with Gasteiger partial charge in [-0.15, -0.1) is 0 Å². The Balaban J connectivity index is 2.09. The topological polar surface area (TPSA) is 81.9 Å². The van der Waals surface area contributed by atoms with Gasteiger partial charge in [-0.2, -0.15) is 5.10 Å². The highest BCUT2D eigenvalue weighted by atomic mass is 16.3. The molecule has 0 atom stereocenters. The van der Waals surface area contributed by atoms with Gasteiger partial charge in [-0.1, -0.05) is 0 Å². The highest BCUT2D eigenvalue weighted by Gasteiger charge is 2.29. The van der Waals surface area contributed by atoms with Gasteiger partial charge < -0.3 is 10.2 Å². The molecule has 1 aromatic rings. The van der Waals surface area contributed by atoms with E-state index in [2.05, 4.69) is 10.5 Å². The lowest BCUT2D eigenvalue weighted by Gasteiger charge is -2.05. The van der Waals surface area contributed by atoms with E-state index in [9.17, 15) is 9.90 Å². The van der Waals surface area contributed by atoms with Crippen molar-refractivity contribution in [3.05, 3.63) is 23.8 Å². The molecular weight excluding hydrogens is 220 g/mol. The van der Waals surface area contributed by atoms with Crippen LogP contribution in [0.3, 0.4) is 0 Å². The first kappa shape index (κ1) is 11.4. The molecule has 2 rings (SSSR count). The van der Waals surface area contributed by atoms with Crippen LogP contribution < -0.4 is 5.43 Å². The average molecular weight is 234 g/mol. The van der Waals surface area contributed by atoms with Crippen LogP contribution in [-0.4, -0.2) is 21.8 Å². The molecule has 0 bridgehead atoms.